The fraction of sp³-hybridized carbons (Fsp3) is 0.250. The SMILES string of the molecule is C=C/C(Cl)=C(NC)\C(Cl)=C/C. The second-order valence-electron chi connectivity index (χ2n) is 1.81. The first-order chi connectivity index (χ1) is 5.17. The normalized spacial score (nSPS) is 14.0. The predicted molar refractivity (Wildman–Crippen MR) is 51.7 cm³/mol. The van der Waals surface area contributed by atoms with Crippen molar-refractivity contribution in [3.8, 4) is 0 Å². The van der Waals surface area contributed by atoms with E-state index < -0.39 is 0 Å². The third kappa shape index (κ3) is 3.00. The molecular formula is C8H11Cl2N. The van der Waals surface area contributed by atoms with Crippen molar-refractivity contribution < 1.29 is 0 Å². The minimum atomic E-state index is 0.524. The lowest BCUT2D eigenvalue weighted by atomic mass is 10.3. The highest BCUT2D eigenvalue weighted by Gasteiger charge is 2.01. The minimum Gasteiger partial charge on any atom is -0.386 e. The van der Waals surface area contributed by atoms with E-state index in [0.29, 0.717) is 15.8 Å². The number of likely N-dealkylation sites (N-methyl/N-ethyl adjacent to an activating group) is 1. The second-order valence-corrected chi connectivity index (χ2v) is 2.63. The maximum atomic E-state index is 5.81. The zero-order valence-corrected chi connectivity index (χ0v) is 8.13. The maximum Gasteiger partial charge on any atom is 0.0712 e. The van der Waals surface area contributed by atoms with E-state index in [4.69, 9.17) is 23.2 Å². The van der Waals surface area contributed by atoms with Gasteiger partial charge in [0.05, 0.1) is 15.8 Å². The van der Waals surface area contributed by atoms with Gasteiger partial charge in [0.2, 0.25) is 0 Å². The van der Waals surface area contributed by atoms with Crippen LogP contribution in [-0.4, -0.2) is 7.05 Å². The van der Waals surface area contributed by atoms with Crippen LogP contribution in [-0.2, 0) is 0 Å². The molecular weight excluding hydrogens is 181 g/mol. The fourth-order valence-electron chi connectivity index (χ4n) is 0.599. The van der Waals surface area contributed by atoms with Crippen LogP contribution in [0.1, 0.15) is 6.92 Å². The van der Waals surface area contributed by atoms with Gasteiger partial charge in [-0.1, -0.05) is 35.9 Å². The first kappa shape index (κ1) is 10.6. The van der Waals surface area contributed by atoms with E-state index in [9.17, 15) is 0 Å². The number of hydrogen-bond donors (Lipinski definition) is 1. The molecule has 0 amide bonds. The zero-order chi connectivity index (χ0) is 8.85. The van der Waals surface area contributed by atoms with Gasteiger partial charge >= 0.3 is 0 Å². The number of halogens is 2. The molecule has 1 nitrogen and oxygen atoms in total. The van der Waals surface area contributed by atoms with Crippen LogP contribution in [0.4, 0.5) is 0 Å². The summed E-state index contributed by atoms with van der Waals surface area (Å²) in [5.74, 6) is 0. The molecule has 0 unspecified atom stereocenters. The third-order valence-electron chi connectivity index (χ3n) is 1.16. The lowest BCUT2D eigenvalue weighted by Crippen LogP contribution is -2.07. The van der Waals surface area contributed by atoms with Gasteiger partial charge in [0, 0.05) is 7.05 Å². The van der Waals surface area contributed by atoms with Gasteiger partial charge in [0.1, 0.15) is 0 Å². The summed E-state index contributed by atoms with van der Waals surface area (Å²) in [6.07, 6.45) is 3.30. The van der Waals surface area contributed by atoms with Gasteiger partial charge in [0.25, 0.3) is 0 Å². The molecule has 0 atom stereocenters. The molecule has 0 aromatic carbocycles. The van der Waals surface area contributed by atoms with Gasteiger partial charge in [-0.05, 0) is 13.0 Å². The van der Waals surface area contributed by atoms with Gasteiger partial charge in [0.15, 0.2) is 0 Å². The van der Waals surface area contributed by atoms with E-state index in [2.05, 4.69) is 11.9 Å². The molecule has 0 aliphatic carbocycles. The smallest absolute Gasteiger partial charge is 0.0712 e. The Kier molecular flexibility index (Phi) is 5.08. The van der Waals surface area contributed by atoms with Crippen LogP contribution in [0, 0.1) is 0 Å². The Bertz CT molecular complexity index is 204. The lowest BCUT2D eigenvalue weighted by Gasteiger charge is -2.05. The zero-order valence-electron chi connectivity index (χ0n) is 6.62. The van der Waals surface area contributed by atoms with Gasteiger partial charge in [-0.2, -0.15) is 0 Å². The Labute approximate surface area is 77.4 Å². The van der Waals surface area contributed by atoms with Gasteiger partial charge in [-0.15, -0.1) is 0 Å². The highest BCUT2D eigenvalue weighted by Crippen LogP contribution is 2.18. The molecule has 3 heteroatoms. The molecule has 0 aromatic rings. The van der Waals surface area contributed by atoms with E-state index in [1.807, 2.05) is 6.92 Å². The average Bonchev–Trinajstić information content (AvgIpc) is 2.05. The molecule has 0 heterocycles. The van der Waals surface area contributed by atoms with E-state index in [1.54, 1.807) is 19.2 Å². The first-order valence-electron chi connectivity index (χ1n) is 3.19. The number of allylic oxidation sites excluding steroid dienone is 4. The quantitative estimate of drug-likeness (QED) is 0.677. The van der Waals surface area contributed by atoms with Gasteiger partial charge in [-0.3, -0.25) is 0 Å². The topological polar surface area (TPSA) is 12.0 Å². The molecule has 0 saturated heterocycles. The summed E-state index contributed by atoms with van der Waals surface area (Å²) in [4.78, 5) is 0. The van der Waals surface area contributed by atoms with Crippen LogP contribution < -0.4 is 5.32 Å². The summed E-state index contributed by atoms with van der Waals surface area (Å²) in [7, 11) is 1.76. The van der Waals surface area contributed by atoms with Crippen LogP contribution in [0.15, 0.2) is 34.5 Å². The van der Waals surface area contributed by atoms with Crippen molar-refractivity contribution in [1.29, 1.82) is 0 Å². The molecule has 0 spiro atoms. The summed E-state index contributed by atoms with van der Waals surface area (Å²) >= 11 is 11.6. The monoisotopic (exact) mass is 191 g/mol. The Morgan fingerprint density at radius 1 is 1.45 bits per heavy atom. The van der Waals surface area contributed by atoms with Crippen molar-refractivity contribution in [3.05, 3.63) is 34.5 Å². The Morgan fingerprint density at radius 2 is 2.00 bits per heavy atom. The number of rotatable bonds is 3. The van der Waals surface area contributed by atoms with Gasteiger partial charge < -0.3 is 5.32 Å². The van der Waals surface area contributed by atoms with Crippen molar-refractivity contribution in [1.82, 2.24) is 5.32 Å². The highest BCUT2D eigenvalue weighted by molar-refractivity contribution is 6.36. The van der Waals surface area contributed by atoms with E-state index in [1.165, 1.54) is 0 Å². The summed E-state index contributed by atoms with van der Waals surface area (Å²) in [6.45, 7) is 5.37. The van der Waals surface area contributed by atoms with Crippen molar-refractivity contribution in [3.63, 3.8) is 0 Å². The van der Waals surface area contributed by atoms with Crippen LogP contribution in [0.25, 0.3) is 0 Å². The minimum absolute atomic E-state index is 0.524. The molecule has 0 bridgehead atoms. The Morgan fingerprint density at radius 3 is 2.27 bits per heavy atom. The maximum absolute atomic E-state index is 5.81. The molecule has 62 valence electrons. The molecule has 0 rings (SSSR count). The van der Waals surface area contributed by atoms with Crippen molar-refractivity contribution in [2.24, 2.45) is 0 Å². The highest BCUT2D eigenvalue weighted by atomic mass is 35.5. The summed E-state index contributed by atoms with van der Waals surface area (Å²) < 4.78 is 0. The summed E-state index contributed by atoms with van der Waals surface area (Å²) in [6, 6.07) is 0. The van der Waals surface area contributed by atoms with E-state index in [-0.39, 0.29) is 0 Å². The number of hydrogen-bond acceptors (Lipinski definition) is 1. The van der Waals surface area contributed by atoms with Crippen LogP contribution in [0.3, 0.4) is 0 Å². The van der Waals surface area contributed by atoms with Crippen molar-refractivity contribution in [2.45, 2.75) is 6.92 Å². The fourth-order valence-corrected chi connectivity index (χ4v) is 1.04. The third-order valence-corrected chi connectivity index (χ3v) is 1.91. The standard InChI is InChI=1S/C8H11Cl2N/c1-4-6(9)8(11-3)7(10)5-2/h4-5,11H,1H2,2-3H3/b7-5+,8-6-. The molecule has 0 radical (unpaired) electrons. The molecule has 11 heavy (non-hydrogen) atoms. The largest absolute Gasteiger partial charge is 0.386 e. The van der Waals surface area contributed by atoms with E-state index in [0.717, 1.165) is 0 Å². The van der Waals surface area contributed by atoms with Gasteiger partial charge in [-0.25, -0.2) is 0 Å². The van der Waals surface area contributed by atoms with Crippen molar-refractivity contribution in [2.75, 3.05) is 7.05 Å². The molecule has 0 saturated carbocycles. The van der Waals surface area contributed by atoms with Crippen LogP contribution >= 0.6 is 23.2 Å². The number of nitrogens with one attached hydrogen (secondary N) is 1. The van der Waals surface area contributed by atoms with E-state index >= 15 is 0 Å². The van der Waals surface area contributed by atoms with Crippen LogP contribution in [0.2, 0.25) is 0 Å². The Hall–Kier alpha value is -0.400. The summed E-state index contributed by atoms with van der Waals surface area (Å²) in [5.41, 5.74) is 0.700. The molecule has 0 aliphatic heterocycles. The average molecular weight is 192 g/mol. The Balaban J connectivity index is 4.79. The van der Waals surface area contributed by atoms with Crippen molar-refractivity contribution >= 4 is 23.2 Å². The molecule has 1 N–H and O–H groups in total. The predicted octanol–water partition coefficient (Wildman–Crippen LogP) is 2.98. The molecule has 0 aliphatic rings. The molecule has 0 fully saturated rings. The first-order valence-corrected chi connectivity index (χ1v) is 3.95. The van der Waals surface area contributed by atoms with Crippen LogP contribution in [0.5, 0.6) is 0 Å². The molecule has 0 aromatic heterocycles. The second kappa shape index (κ2) is 5.28. The summed E-state index contributed by atoms with van der Waals surface area (Å²) in [5, 5.41) is 4.00. The lowest BCUT2D eigenvalue weighted by molar-refractivity contribution is 1.02.